The summed E-state index contributed by atoms with van der Waals surface area (Å²) in [6, 6.07) is 1.53. The Kier molecular flexibility index (Phi) is 2.58. The molecule has 0 aliphatic carbocycles. The second-order valence-electron chi connectivity index (χ2n) is 3.34. The fourth-order valence-electron chi connectivity index (χ4n) is 1.58. The van der Waals surface area contributed by atoms with Gasteiger partial charge in [-0.25, -0.2) is 4.79 Å². The monoisotopic (exact) mass is 237 g/mol. The number of rotatable bonds is 3. The summed E-state index contributed by atoms with van der Waals surface area (Å²) in [5, 5.41) is 13.2. The lowest BCUT2D eigenvalue weighted by Gasteiger charge is -2.05. The van der Waals surface area contributed by atoms with E-state index in [1.807, 2.05) is 0 Å². The summed E-state index contributed by atoms with van der Waals surface area (Å²) in [4.78, 5) is 15.2. The van der Waals surface area contributed by atoms with Crippen LogP contribution in [0.1, 0.15) is 16.1 Å². The van der Waals surface area contributed by atoms with Crippen LogP contribution in [0.25, 0.3) is 5.65 Å². The van der Waals surface area contributed by atoms with Crippen molar-refractivity contribution in [3.8, 4) is 11.8 Å². The molecule has 0 aromatic carbocycles. The molecule has 0 saturated carbocycles. The quantitative estimate of drug-likeness (QED) is 0.847. The second-order valence-corrected chi connectivity index (χ2v) is 3.34. The van der Waals surface area contributed by atoms with Crippen molar-refractivity contribution in [1.82, 2.24) is 14.6 Å². The van der Waals surface area contributed by atoms with E-state index in [-0.39, 0.29) is 17.1 Å². The number of carboxylic acid groups (broad SMARTS) is 1. The van der Waals surface area contributed by atoms with E-state index >= 15 is 0 Å². The molecular weight excluding hydrogens is 226 g/mol. The van der Waals surface area contributed by atoms with E-state index in [1.54, 1.807) is 6.92 Å². The Labute approximate surface area is 96.6 Å². The summed E-state index contributed by atoms with van der Waals surface area (Å²) in [5.74, 6) is -0.445. The molecule has 2 aromatic heterocycles. The Balaban J connectivity index is 2.85. The van der Waals surface area contributed by atoms with Crippen molar-refractivity contribution in [2.45, 2.75) is 6.92 Å². The van der Waals surface area contributed by atoms with Crippen LogP contribution in [0.4, 0.5) is 0 Å². The fourth-order valence-corrected chi connectivity index (χ4v) is 1.58. The van der Waals surface area contributed by atoms with Gasteiger partial charge in [0.05, 0.1) is 26.0 Å². The van der Waals surface area contributed by atoms with Gasteiger partial charge in [0.15, 0.2) is 5.65 Å². The first-order valence-electron chi connectivity index (χ1n) is 4.80. The van der Waals surface area contributed by atoms with Gasteiger partial charge in [-0.05, 0) is 6.92 Å². The summed E-state index contributed by atoms with van der Waals surface area (Å²) in [6.07, 6.45) is 0. The van der Waals surface area contributed by atoms with Crippen LogP contribution >= 0.6 is 0 Å². The Bertz CT molecular complexity index is 591. The Morgan fingerprint density at radius 1 is 1.41 bits per heavy atom. The number of aromatic nitrogens is 3. The second kappa shape index (κ2) is 3.93. The lowest BCUT2D eigenvalue weighted by Crippen LogP contribution is -2.02. The minimum Gasteiger partial charge on any atom is -0.481 e. The zero-order chi connectivity index (χ0) is 12.6. The highest BCUT2D eigenvalue weighted by Crippen LogP contribution is 2.23. The van der Waals surface area contributed by atoms with Gasteiger partial charge in [-0.2, -0.15) is 14.6 Å². The van der Waals surface area contributed by atoms with E-state index in [0.717, 1.165) is 0 Å². The van der Waals surface area contributed by atoms with Crippen LogP contribution in [-0.2, 0) is 0 Å². The van der Waals surface area contributed by atoms with Crippen molar-refractivity contribution >= 4 is 11.6 Å². The Hall–Kier alpha value is -2.31. The largest absolute Gasteiger partial charge is 0.481 e. The van der Waals surface area contributed by atoms with Crippen molar-refractivity contribution in [2.75, 3.05) is 14.2 Å². The van der Waals surface area contributed by atoms with Gasteiger partial charge in [-0.3, -0.25) is 0 Å². The molecule has 0 radical (unpaired) electrons. The van der Waals surface area contributed by atoms with Crippen LogP contribution in [0.15, 0.2) is 6.07 Å². The van der Waals surface area contributed by atoms with Gasteiger partial charge in [-0.15, -0.1) is 0 Å². The molecule has 2 heterocycles. The third kappa shape index (κ3) is 1.65. The zero-order valence-corrected chi connectivity index (χ0v) is 9.59. The van der Waals surface area contributed by atoms with Gasteiger partial charge in [0, 0.05) is 0 Å². The van der Waals surface area contributed by atoms with Gasteiger partial charge < -0.3 is 14.6 Å². The third-order valence-corrected chi connectivity index (χ3v) is 2.34. The molecule has 7 heteroatoms. The number of carbonyl (C=O) groups is 1. The number of hydrogen-bond donors (Lipinski definition) is 1. The summed E-state index contributed by atoms with van der Waals surface area (Å²) in [6.45, 7) is 1.60. The molecule has 0 spiro atoms. The predicted molar refractivity (Wildman–Crippen MR) is 57.8 cm³/mol. The molecular formula is C10H11N3O4. The average Bonchev–Trinajstić information content (AvgIpc) is 2.63. The van der Waals surface area contributed by atoms with Crippen molar-refractivity contribution in [1.29, 1.82) is 0 Å². The standard InChI is InChI=1S/C10H11N3O4/c1-5-8(10(14)15)9-11-6(16-2)4-7(17-3)13(9)12-5/h4H,1-3H3,(H,14,15). The van der Waals surface area contributed by atoms with Crippen LogP contribution < -0.4 is 9.47 Å². The lowest BCUT2D eigenvalue weighted by atomic mass is 10.2. The van der Waals surface area contributed by atoms with Crippen molar-refractivity contribution < 1.29 is 19.4 Å². The van der Waals surface area contributed by atoms with Crippen LogP contribution in [0.2, 0.25) is 0 Å². The molecule has 0 unspecified atom stereocenters. The van der Waals surface area contributed by atoms with E-state index in [1.165, 1.54) is 24.8 Å². The molecule has 0 fully saturated rings. The zero-order valence-electron chi connectivity index (χ0n) is 9.59. The number of nitrogens with zero attached hydrogens (tertiary/aromatic N) is 3. The molecule has 2 aromatic rings. The van der Waals surface area contributed by atoms with E-state index in [2.05, 4.69) is 10.1 Å². The van der Waals surface area contributed by atoms with Crippen LogP contribution in [0.3, 0.4) is 0 Å². The van der Waals surface area contributed by atoms with Crippen molar-refractivity contribution in [3.05, 3.63) is 17.3 Å². The number of fused-ring (bicyclic) bond motifs is 1. The van der Waals surface area contributed by atoms with Crippen LogP contribution in [0.5, 0.6) is 11.8 Å². The number of hydrogen-bond acceptors (Lipinski definition) is 5. The molecule has 0 atom stereocenters. The molecule has 0 aliphatic rings. The molecule has 0 amide bonds. The molecule has 90 valence electrons. The smallest absolute Gasteiger partial charge is 0.341 e. The lowest BCUT2D eigenvalue weighted by molar-refractivity contribution is 0.0698. The van der Waals surface area contributed by atoms with Crippen molar-refractivity contribution in [3.63, 3.8) is 0 Å². The van der Waals surface area contributed by atoms with Crippen LogP contribution in [-0.4, -0.2) is 39.9 Å². The predicted octanol–water partition coefficient (Wildman–Crippen LogP) is 0.753. The van der Waals surface area contributed by atoms with Gasteiger partial charge in [0.2, 0.25) is 11.8 Å². The van der Waals surface area contributed by atoms with Gasteiger partial charge >= 0.3 is 5.97 Å². The van der Waals surface area contributed by atoms with E-state index in [4.69, 9.17) is 14.6 Å². The number of ether oxygens (including phenoxy) is 2. The molecule has 2 rings (SSSR count). The van der Waals surface area contributed by atoms with E-state index < -0.39 is 5.97 Å². The SMILES string of the molecule is COc1cc(OC)n2nc(C)c(C(=O)O)c2n1. The highest BCUT2D eigenvalue weighted by Gasteiger charge is 2.20. The van der Waals surface area contributed by atoms with Crippen LogP contribution in [0, 0.1) is 6.92 Å². The summed E-state index contributed by atoms with van der Waals surface area (Å²) >= 11 is 0. The average molecular weight is 237 g/mol. The first kappa shape index (κ1) is 11.2. The maximum Gasteiger partial charge on any atom is 0.341 e. The van der Waals surface area contributed by atoms with E-state index in [0.29, 0.717) is 11.6 Å². The molecule has 1 N–H and O–H groups in total. The number of aryl methyl sites for hydroxylation is 1. The van der Waals surface area contributed by atoms with Gasteiger partial charge in [-0.1, -0.05) is 0 Å². The molecule has 17 heavy (non-hydrogen) atoms. The molecule has 7 nitrogen and oxygen atoms in total. The highest BCUT2D eigenvalue weighted by molar-refractivity contribution is 5.95. The third-order valence-electron chi connectivity index (χ3n) is 2.34. The number of aromatic carboxylic acids is 1. The number of carboxylic acids is 1. The van der Waals surface area contributed by atoms with Gasteiger partial charge in [0.1, 0.15) is 5.56 Å². The highest BCUT2D eigenvalue weighted by atomic mass is 16.5. The summed E-state index contributed by atoms with van der Waals surface area (Å²) in [5.41, 5.74) is 0.616. The first-order chi connectivity index (χ1) is 8.08. The normalized spacial score (nSPS) is 10.5. The minimum atomic E-state index is -1.08. The number of methoxy groups -OCH3 is 2. The van der Waals surface area contributed by atoms with Gasteiger partial charge in [0.25, 0.3) is 0 Å². The Morgan fingerprint density at radius 2 is 2.12 bits per heavy atom. The fraction of sp³-hybridized carbons (Fsp3) is 0.300. The minimum absolute atomic E-state index is 0.0437. The topological polar surface area (TPSA) is 86.0 Å². The van der Waals surface area contributed by atoms with E-state index in [9.17, 15) is 4.79 Å². The molecule has 0 bridgehead atoms. The Morgan fingerprint density at radius 3 is 2.65 bits per heavy atom. The molecule has 0 saturated heterocycles. The maximum atomic E-state index is 11.1. The maximum absolute atomic E-state index is 11.1. The summed E-state index contributed by atoms with van der Waals surface area (Å²) < 4.78 is 11.4. The first-order valence-corrected chi connectivity index (χ1v) is 4.80. The molecule has 0 aliphatic heterocycles. The summed E-state index contributed by atoms with van der Waals surface area (Å²) in [7, 11) is 2.91. The van der Waals surface area contributed by atoms with Crippen molar-refractivity contribution in [2.24, 2.45) is 0 Å².